The van der Waals surface area contributed by atoms with Gasteiger partial charge in [0, 0.05) is 6.20 Å². The number of sulfone groups is 1. The molecule has 0 radical (unpaired) electrons. The average molecular weight is 253 g/mol. The van der Waals surface area contributed by atoms with Crippen LogP contribution in [0.5, 0.6) is 0 Å². The fourth-order valence-electron chi connectivity index (χ4n) is 1.95. The zero-order valence-corrected chi connectivity index (χ0v) is 11.4. The highest BCUT2D eigenvalue weighted by atomic mass is 32.2. The third-order valence-electron chi connectivity index (χ3n) is 3.21. The molecule has 2 rings (SSSR count). The van der Waals surface area contributed by atoms with Crippen LogP contribution in [0.2, 0.25) is 0 Å². The monoisotopic (exact) mass is 253 g/mol. The second-order valence-electron chi connectivity index (χ2n) is 4.98. The molecule has 0 unspecified atom stereocenters. The van der Waals surface area contributed by atoms with Crippen molar-refractivity contribution in [1.82, 2.24) is 4.98 Å². The van der Waals surface area contributed by atoms with Crippen LogP contribution in [0, 0.1) is 0 Å². The fraction of sp³-hybridized carbons (Fsp3) is 0.615. The normalized spacial score (nSPS) is 16.5. The zero-order valence-electron chi connectivity index (χ0n) is 10.6. The lowest BCUT2D eigenvalue weighted by Crippen LogP contribution is -2.10. The zero-order chi connectivity index (χ0) is 12.6. The van der Waals surface area contributed by atoms with E-state index in [0.29, 0.717) is 16.5 Å². The van der Waals surface area contributed by atoms with Crippen molar-refractivity contribution in [2.45, 2.75) is 50.3 Å². The molecule has 1 aliphatic carbocycles. The van der Waals surface area contributed by atoms with Gasteiger partial charge in [0.05, 0.1) is 16.3 Å². The Morgan fingerprint density at radius 2 is 2.06 bits per heavy atom. The molecule has 17 heavy (non-hydrogen) atoms. The molecule has 0 aromatic carbocycles. The third kappa shape index (κ3) is 2.51. The number of hydrogen-bond donors (Lipinski definition) is 0. The van der Waals surface area contributed by atoms with Crippen LogP contribution in [0.1, 0.15) is 56.7 Å². The van der Waals surface area contributed by atoms with Gasteiger partial charge >= 0.3 is 0 Å². The first-order valence-corrected chi connectivity index (χ1v) is 7.83. The van der Waals surface area contributed by atoms with Gasteiger partial charge in [-0.2, -0.15) is 0 Å². The van der Waals surface area contributed by atoms with Gasteiger partial charge in [-0.25, -0.2) is 8.42 Å². The van der Waals surface area contributed by atoms with Crippen LogP contribution in [0.15, 0.2) is 17.2 Å². The molecule has 0 N–H and O–H groups in total. The Labute approximate surface area is 103 Å². The van der Waals surface area contributed by atoms with Crippen molar-refractivity contribution in [3.8, 4) is 0 Å². The smallest absolute Gasteiger partial charge is 0.179 e. The van der Waals surface area contributed by atoms with E-state index in [1.165, 1.54) is 0 Å². The minimum atomic E-state index is -3.16. The van der Waals surface area contributed by atoms with E-state index in [1.54, 1.807) is 6.92 Å². The van der Waals surface area contributed by atoms with Gasteiger partial charge in [-0.3, -0.25) is 4.98 Å². The third-order valence-corrected chi connectivity index (χ3v) is 4.97. The van der Waals surface area contributed by atoms with E-state index in [1.807, 2.05) is 26.1 Å². The quantitative estimate of drug-likeness (QED) is 0.829. The van der Waals surface area contributed by atoms with E-state index in [4.69, 9.17) is 0 Å². The predicted molar refractivity (Wildman–Crippen MR) is 68.0 cm³/mol. The Balaban J connectivity index is 2.54. The summed E-state index contributed by atoms with van der Waals surface area (Å²) in [5.41, 5.74) is 1.79. The molecule has 1 saturated carbocycles. The van der Waals surface area contributed by atoms with E-state index < -0.39 is 9.84 Å². The Hall–Kier alpha value is -0.900. The van der Waals surface area contributed by atoms with Gasteiger partial charge < -0.3 is 0 Å². The van der Waals surface area contributed by atoms with Crippen molar-refractivity contribution in [3.63, 3.8) is 0 Å². The van der Waals surface area contributed by atoms with Crippen molar-refractivity contribution in [2.24, 2.45) is 0 Å². The van der Waals surface area contributed by atoms with Gasteiger partial charge in [-0.15, -0.1) is 0 Å². The summed E-state index contributed by atoms with van der Waals surface area (Å²) in [7, 11) is -3.16. The average Bonchev–Trinajstić information content (AvgIpc) is 3.12. The van der Waals surface area contributed by atoms with Crippen LogP contribution >= 0.6 is 0 Å². The fourth-order valence-corrected chi connectivity index (χ4v) is 3.18. The SMILES string of the molecule is CCS(=O)(=O)c1cc(C2CC2)cnc1C(C)C. The van der Waals surface area contributed by atoms with Gasteiger partial charge in [0.1, 0.15) is 0 Å². The lowest BCUT2D eigenvalue weighted by atomic mass is 10.1. The molecule has 3 nitrogen and oxygen atoms in total. The van der Waals surface area contributed by atoms with E-state index in [9.17, 15) is 8.42 Å². The van der Waals surface area contributed by atoms with Crippen LogP contribution in [-0.4, -0.2) is 19.2 Å². The molecule has 0 saturated heterocycles. The van der Waals surface area contributed by atoms with E-state index in [-0.39, 0.29) is 11.7 Å². The minimum Gasteiger partial charge on any atom is -0.259 e. The van der Waals surface area contributed by atoms with Gasteiger partial charge in [-0.1, -0.05) is 20.8 Å². The molecule has 1 aromatic rings. The summed E-state index contributed by atoms with van der Waals surface area (Å²) < 4.78 is 24.2. The maximum Gasteiger partial charge on any atom is 0.179 e. The van der Waals surface area contributed by atoms with Crippen molar-refractivity contribution >= 4 is 9.84 Å². The number of rotatable bonds is 4. The molecular formula is C13H19NO2S. The standard InChI is InChI=1S/C13H19NO2S/c1-4-17(15,16)12-7-11(10-5-6-10)8-14-13(12)9(2)3/h7-10H,4-6H2,1-3H3. The van der Waals surface area contributed by atoms with Gasteiger partial charge in [0.2, 0.25) is 0 Å². The minimum absolute atomic E-state index is 0.138. The molecule has 1 aromatic heterocycles. The Kier molecular flexibility index (Phi) is 3.25. The number of nitrogens with zero attached hydrogens (tertiary/aromatic N) is 1. The topological polar surface area (TPSA) is 47.0 Å². The summed E-state index contributed by atoms with van der Waals surface area (Å²) in [6.45, 7) is 5.64. The number of hydrogen-bond acceptors (Lipinski definition) is 3. The first-order valence-electron chi connectivity index (χ1n) is 6.18. The molecule has 1 heterocycles. The van der Waals surface area contributed by atoms with Gasteiger partial charge in [0.15, 0.2) is 9.84 Å². The Bertz CT molecular complexity index is 516. The molecule has 0 spiro atoms. The van der Waals surface area contributed by atoms with Crippen LogP contribution in [0.4, 0.5) is 0 Å². The number of pyridine rings is 1. The highest BCUT2D eigenvalue weighted by Crippen LogP contribution is 2.41. The molecule has 94 valence electrons. The molecule has 1 aliphatic rings. The lowest BCUT2D eigenvalue weighted by Gasteiger charge is -2.12. The van der Waals surface area contributed by atoms with Crippen LogP contribution < -0.4 is 0 Å². The van der Waals surface area contributed by atoms with Crippen molar-refractivity contribution < 1.29 is 8.42 Å². The molecule has 1 fully saturated rings. The second-order valence-corrected chi connectivity index (χ2v) is 7.23. The summed E-state index contributed by atoms with van der Waals surface area (Å²) in [5, 5.41) is 0. The molecule has 0 amide bonds. The van der Waals surface area contributed by atoms with Crippen molar-refractivity contribution in [1.29, 1.82) is 0 Å². The maximum atomic E-state index is 12.1. The molecule has 0 aliphatic heterocycles. The Morgan fingerprint density at radius 3 is 2.53 bits per heavy atom. The van der Waals surface area contributed by atoms with Crippen LogP contribution in [-0.2, 0) is 9.84 Å². The highest BCUT2D eigenvalue weighted by molar-refractivity contribution is 7.91. The summed E-state index contributed by atoms with van der Waals surface area (Å²) in [4.78, 5) is 4.82. The maximum absolute atomic E-state index is 12.1. The summed E-state index contributed by atoms with van der Waals surface area (Å²) in [5.74, 6) is 0.816. The van der Waals surface area contributed by atoms with Crippen LogP contribution in [0.3, 0.4) is 0 Å². The predicted octanol–water partition coefficient (Wildman–Crippen LogP) is 2.88. The first-order chi connectivity index (χ1) is 7.95. The van der Waals surface area contributed by atoms with Crippen molar-refractivity contribution in [2.75, 3.05) is 5.75 Å². The van der Waals surface area contributed by atoms with Crippen LogP contribution in [0.25, 0.3) is 0 Å². The molecule has 4 heteroatoms. The summed E-state index contributed by atoms with van der Waals surface area (Å²) in [6.07, 6.45) is 4.17. The summed E-state index contributed by atoms with van der Waals surface area (Å²) in [6, 6.07) is 1.85. The lowest BCUT2D eigenvalue weighted by molar-refractivity contribution is 0.593. The van der Waals surface area contributed by atoms with Gasteiger partial charge in [0.25, 0.3) is 0 Å². The highest BCUT2D eigenvalue weighted by Gasteiger charge is 2.27. The van der Waals surface area contributed by atoms with Gasteiger partial charge in [-0.05, 0) is 36.3 Å². The largest absolute Gasteiger partial charge is 0.259 e. The first kappa shape index (κ1) is 12.6. The van der Waals surface area contributed by atoms with E-state index in [2.05, 4.69) is 4.98 Å². The second kappa shape index (κ2) is 4.41. The van der Waals surface area contributed by atoms with E-state index >= 15 is 0 Å². The molecular weight excluding hydrogens is 234 g/mol. The molecule has 0 atom stereocenters. The summed E-state index contributed by atoms with van der Waals surface area (Å²) >= 11 is 0. The van der Waals surface area contributed by atoms with Crippen molar-refractivity contribution in [3.05, 3.63) is 23.5 Å². The van der Waals surface area contributed by atoms with E-state index in [0.717, 1.165) is 18.4 Å². The number of aromatic nitrogens is 1. The molecule has 0 bridgehead atoms. The Morgan fingerprint density at radius 1 is 1.41 bits per heavy atom.